The van der Waals surface area contributed by atoms with Crippen molar-refractivity contribution in [2.24, 2.45) is 17.6 Å². The molecule has 2 saturated heterocycles. The van der Waals surface area contributed by atoms with Crippen molar-refractivity contribution >= 4 is 0 Å². The third-order valence-corrected chi connectivity index (χ3v) is 3.36. The molecule has 0 saturated carbocycles. The van der Waals surface area contributed by atoms with Gasteiger partial charge in [-0.15, -0.1) is 0 Å². The van der Waals surface area contributed by atoms with Crippen LogP contribution < -0.4 is 5.73 Å². The average molecular weight is 183 g/mol. The molecule has 0 aromatic heterocycles. The SMILES string of the molecule is CN1CC(CN2CCC(CN)C2)C1. The second-order valence-corrected chi connectivity index (χ2v) is 4.74. The Balaban J connectivity index is 1.66. The fourth-order valence-electron chi connectivity index (χ4n) is 2.58. The zero-order chi connectivity index (χ0) is 9.26. The van der Waals surface area contributed by atoms with Crippen molar-refractivity contribution in [3.63, 3.8) is 0 Å². The van der Waals surface area contributed by atoms with Crippen molar-refractivity contribution in [3.05, 3.63) is 0 Å². The summed E-state index contributed by atoms with van der Waals surface area (Å²) in [5.74, 6) is 1.71. The van der Waals surface area contributed by atoms with Gasteiger partial charge in [0.15, 0.2) is 0 Å². The molecule has 0 aliphatic carbocycles. The number of nitrogens with zero attached hydrogens (tertiary/aromatic N) is 2. The number of nitrogens with two attached hydrogens (primary N) is 1. The Hall–Kier alpha value is -0.120. The molecule has 2 fully saturated rings. The van der Waals surface area contributed by atoms with Crippen molar-refractivity contribution < 1.29 is 0 Å². The normalized spacial score (nSPS) is 32.3. The first-order valence-corrected chi connectivity index (χ1v) is 5.39. The predicted molar refractivity (Wildman–Crippen MR) is 54.6 cm³/mol. The summed E-state index contributed by atoms with van der Waals surface area (Å²) in [6.07, 6.45) is 1.32. The van der Waals surface area contributed by atoms with E-state index in [4.69, 9.17) is 5.73 Å². The van der Waals surface area contributed by atoms with Gasteiger partial charge < -0.3 is 15.5 Å². The van der Waals surface area contributed by atoms with Gasteiger partial charge >= 0.3 is 0 Å². The summed E-state index contributed by atoms with van der Waals surface area (Å²) >= 11 is 0. The van der Waals surface area contributed by atoms with Crippen LogP contribution in [0.1, 0.15) is 6.42 Å². The van der Waals surface area contributed by atoms with Gasteiger partial charge in [-0.3, -0.25) is 0 Å². The van der Waals surface area contributed by atoms with E-state index in [-0.39, 0.29) is 0 Å². The van der Waals surface area contributed by atoms with Crippen LogP contribution in [0.3, 0.4) is 0 Å². The summed E-state index contributed by atoms with van der Waals surface area (Å²) in [5.41, 5.74) is 5.66. The predicted octanol–water partition coefficient (Wildman–Crippen LogP) is -0.171. The Bertz CT molecular complexity index is 166. The molecule has 3 heteroatoms. The third-order valence-electron chi connectivity index (χ3n) is 3.36. The van der Waals surface area contributed by atoms with E-state index < -0.39 is 0 Å². The molecule has 1 unspecified atom stereocenters. The Kier molecular flexibility index (Phi) is 2.86. The van der Waals surface area contributed by atoms with Crippen LogP contribution in [0.25, 0.3) is 0 Å². The lowest BCUT2D eigenvalue weighted by Crippen LogP contribution is -2.48. The number of likely N-dealkylation sites (tertiary alicyclic amines) is 2. The highest BCUT2D eigenvalue weighted by Crippen LogP contribution is 2.20. The maximum absolute atomic E-state index is 5.66. The highest BCUT2D eigenvalue weighted by atomic mass is 15.2. The molecule has 0 radical (unpaired) electrons. The zero-order valence-corrected chi connectivity index (χ0v) is 8.58. The summed E-state index contributed by atoms with van der Waals surface area (Å²) in [5, 5.41) is 0. The van der Waals surface area contributed by atoms with Gasteiger partial charge in [0.25, 0.3) is 0 Å². The summed E-state index contributed by atoms with van der Waals surface area (Å²) in [6, 6.07) is 0. The Labute approximate surface area is 80.9 Å². The number of hydrogen-bond acceptors (Lipinski definition) is 3. The molecule has 2 N–H and O–H groups in total. The van der Waals surface area contributed by atoms with E-state index >= 15 is 0 Å². The molecule has 76 valence electrons. The maximum Gasteiger partial charge on any atom is 0.00343 e. The van der Waals surface area contributed by atoms with Gasteiger partial charge in [0.2, 0.25) is 0 Å². The largest absolute Gasteiger partial charge is 0.330 e. The van der Waals surface area contributed by atoms with E-state index in [1.54, 1.807) is 0 Å². The van der Waals surface area contributed by atoms with Crippen LogP contribution in [0.4, 0.5) is 0 Å². The lowest BCUT2D eigenvalue weighted by atomic mass is 10.0. The highest BCUT2D eigenvalue weighted by Gasteiger charge is 2.28. The Morgan fingerprint density at radius 1 is 1.23 bits per heavy atom. The monoisotopic (exact) mass is 183 g/mol. The molecule has 0 amide bonds. The Morgan fingerprint density at radius 2 is 2.00 bits per heavy atom. The molecule has 13 heavy (non-hydrogen) atoms. The first-order chi connectivity index (χ1) is 6.28. The van der Waals surface area contributed by atoms with Crippen LogP contribution in [0.5, 0.6) is 0 Å². The van der Waals surface area contributed by atoms with Crippen LogP contribution in [-0.2, 0) is 0 Å². The number of hydrogen-bond donors (Lipinski definition) is 1. The fourth-order valence-corrected chi connectivity index (χ4v) is 2.58. The molecular formula is C10H21N3. The average Bonchev–Trinajstić information content (AvgIpc) is 2.50. The topological polar surface area (TPSA) is 32.5 Å². The number of rotatable bonds is 3. The van der Waals surface area contributed by atoms with E-state index in [2.05, 4.69) is 16.8 Å². The summed E-state index contributed by atoms with van der Waals surface area (Å²) in [4.78, 5) is 4.98. The van der Waals surface area contributed by atoms with Gasteiger partial charge in [-0.2, -0.15) is 0 Å². The van der Waals surface area contributed by atoms with Gasteiger partial charge in [0, 0.05) is 26.2 Å². The van der Waals surface area contributed by atoms with Crippen molar-refractivity contribution in [1.82, 2.24) is 9.80 Å². The van der Waals surface area contributed by atoms with Crippen molar-refractivity contribution in [2.45, 2.75) is 6.42 Å². The van der Waals surface area contributed by atoms with E-state index in [0.717, 1.165) is 18.4 Å². The second-order valence-electron chi connectivity index (χ2n) is 4.74. The molecule has 2 aliphatic heterocycles. The standard InChI is InChI=1S/C10H21N3/c1-12-5-10(6-12)8-13-3-2-9(4-11)7-13/h9-10H,2-8,11H2,1H3. The maximum atomic E-state index is 5.66. The van der Waals surface area contributed by atoms with Crippen molar-refractivity contribution in [2.75, 3.05) is 46.3 Å². The molecule has 0 bridgehead atoms. The molecule has 1 atom stereocenters. The van der Waals surface area contributed by atoms with Crippen LogP contribution >= 0.6 is 0 Å². The smallest absolute Gasteiger partial charge is 0.00343 e. The minimum Gasteiger partial charge on any atom is -0.330 e. The van der Waals surface area contributed by atoms with Gasteiger partial charge in [-0.25, -0.2) is 0 Å². The second kappa shape index (κ2) is 3.95. The summed E-state index contributed by atoms with van der Waals surface area (Å²) in [7, 11) is 2.20. The van der Waals surface area contributed by atoms with E-state index in [0.29, 0.717) is 0 Å². The van der Waals surface area contributed by atoms with Crippen LogP contribution in [0.15, 0.2) is 0 Å². The Morgan fingerprint density at radius 3 is 2.54 bits per heavy atom. The third kappa shape index (κ3) is 2.22. The first-order valence-electron chi connectivity index (χ1n) is 5.39. The molecule has 0 aromatic rings. The fraction of sp³-hybridized carbons (Fsp3) is 1.00. The lowest BCUT2D eigenvalue weighted by Gasteiger charge is -2.38. The van der Waals surface area contributed by atoms with Gasteiger partial charge in [0.05, 0.1) is 0 Å². The van der Waals surface area contributed by atoms with Crippen molar-refractivity contribution in [3.8, 4) is 0 Å². The van der Waals surface area contributed by atoms with E-state index in [1.165, 1.54) is 39.1 Å². The zero-order valence-electron chi connectivity index (χ0n) is 8.58. The van der Waals surface area contributed by atoms with Crippen molar-refractivity contribution in [1.29, 1.82) is 0 Å². The van der Waals surface area contributed by atoms with Gasteiger partial charge in [-0.1, -0.05) is 0 Å². The minimum atomic E-state index is 0.776. The molecular weight excluding hydrogens is 162 g/mol. The molecule has 2 rings (SSSR count). The lowest BCUT2D eigenvalue weighted by molar-refractivity contribution is 0.0984. The summed E-state index contributed by atoms with van der Waals surface area (Å²) in [6.45, 7) is 7.30. The quantitative estimate of drug-likeness (QED) is 0.659. The van der Waals surface area contributed by atoms with Crippen LogP contribution in [0, 0.1) is 11.8 Å². The van der Waals surface area contributed by atoms with Gasteiger partial charge in [0.1, 0.15) is 0 Å². The van der Waals surface area contributed by atoms with Crippen LogP contribution in [0.2, 0.25) is 0 Å². The summed E-state index contributed by atoms with van der Waals surface area (Å²) < 4.78 is 0. The minimum absolute atomic E-state index is 0.776. The van der Waals surface area contributed by atoms with Gasteiger partial charge in [-0.05, 0) is 38.4 Å². The molecule has 3 nitrogen and oxygen atoms in total. The first kappa shape index (κ1) is 9.44. The van der Waals surface area contributed by atoms with E-state index in [1.807, 2.05) is 0 Å². The van der Waals surface area contributed by atoms with Crippen LogP contribution in [-0.4, -0.2) is 56.1 Å². The molecule has 0 aromatic carbocycles. The molecule has 0 spiro atoms. The van der Waals surface area contributed by atoms with E-state index in [9.17, 15) is 0 Å². The molecule has 2 heterocycles. The molecule has 2 aliphatic rings. The highest BCUT2D eigenvalue weighted by molar-refractivity contribution is 4.83.